The van der Waals surface area contributed by atoms with E-state index in [9.17, 15) is 9.59 Å². The maximum absolute atomic E-state index is 11.5. The Morgan fingerprint density at radius 2 is 2.30 bits per heavy atom. The van der Waals surface area contributed by atoms with Gasteiger partial charge in [0.25, 0.3) is 5.82 Å². The first-order chi connectivity index (χ1) is 9.60. The number of rotatable bonds is 2. The molecule has 2 aromatic rings. The molecule has 0 bridgehead atoms. The van der Waals surface area contributed by atoms with E-state index in [0.29, 0.717) is 11.4 Å². The van der Waals surface area contributed by atoms with E-state index in [0.717, 1.165) is 5.56 Å². The average molecular weight is 273 g/mol. The highest BCUT2D eigenvalue weighted by atomic mass is 16.5. The number of nitrogens with two attached hydrogens (primary N) is 1. The number of hydrogen-bond donors (Lipinski definition) is 2. The number of fused-ring (bicyclic) bond motifs is 1. The predicted molar refractivity (Wildman–Crippen MR) is 68.3 cm³/mol. The van der Waals surface area contributed by atoms with Crippen LogP contribution in [-0.2, 0) is 9.53 Å². The fraction of sp³-hybridized carbons (Fsp3) is 0.167. The molecule has 8 nitrogen and oxygen atoms in total. The Kier molecular flexibility index (Phi) is 2.72. The largest absolute Gasteiger partial charge is 0.463 e. The Hall–Kier alpha value is -2.74. The summed E-state index contributed by atoms with van der Waals surface area (Å²) < 4.78 is 5.96. The molecule has 1 amide bonds. The van der Waals surface area contributed by atoms with Crippen molar-refractivity contribution in [1.82, 2.24) is 14.8 Å². The lowest BCUT2D eigenvalue weighted by atomic mass is 10.1. The van der Waals surface area contributed by atoms with Gasteiger partial charge in [-0.3, -0.25) is 4.79 Å². The number of esters is 1. The van der Waals surface area contributed by atoms with Crippen LogP contribution in [0.3, 0.4) is 0 Å². The molecule has 1 aliphatic rings. The number of nitrogens with one attached hydrogen (secondary N) is 1. The number of hydrogen-bond acceptors (Lipinski definition) is 6. The third kappa shape index (κ3) is 1.82. The van der Waals surface area contributed by atoms with E-state index >= 15 is 0 Å². The van der Waals surface area contributed by atoms with Gasteiger partial charge in [-0.05, 0) is 12.1 Å². The second-order valence-electron chi connectivity index (χ2n) is 4.24. The molecule has 0 aliphatic carbocycles. The first kappa shape index (κ1) is 12.3. The van der Waals surface area contributed by atoms with Crippen LogP contribution in [0, 0.1) is 0 Å². The summed E-state index contributed by atoms with van der Waals surface area (Å²) in [6.07, 6.45) is 1.39. The molecule has 3 N–H and O–H groups in total. The number of amides is 1. The molecule has 0 radical (unpaired) electrons. The summed E-state index contributed by atoms with van der Waals surface area (Å²) in [6, 6.07) is 4.55. The normalized spacial score (nSPS) is 16.7. The lowest BCUT2D eigenvalue weighted by molar-refractivity contribution is -0.116. The third-order valence-corrected chi connectivity index (χ3v) is 3.04. The first-order valence-electron chi connectivity index (χ1n) is 5.81. The smallest absolute Gasteiger partial charge is 0.377 e. The quantitative estimate of drug-likeness (QED) is 0.745. The van der Waals surface area contributed by atoms with Gasteiger partial charge >= 0.3 is 5.97 Å². The van der Waals surface area contributed by atoms with E-state index in [2.05, 4.69) is 20.1 Å². The summed E-state index contributed by atoms with van der Waals surface area (Å²) in [5.74, 6) is -0.889. The van der Waals surface area contributed by atoms with Crippen molar-refractivity contribution in [2.75, 3.05) is 12.4 Å². The molecule has 0 saturated carbocycles. The van der Waals surface area contributed by atoms with Crippen LogP contribution in [-0.4, -0.2) is 33.8 Å². The SMILES string of the molecule is COC(=O)c1ncn(-c2ccc3c(c2)NC(=O)C3N)n1. The third-order valence-electron chi connectivity index (χ3n) is 3.04. The number of benzene rings is 1. The topological polar surface area (TPSA) is 112 Å². The summed E-state index contributed by atoms with van der Waals surface area (Å²) in [4.78, 5) is 26.6. The van der Waals surface area contributed by atoms with Crippen molar-refractivity contribution in [1.29, 1.82) is 0 Å². The van der Waals surface area contributed by atoms with Gasteiger partial charge in [0.1, 0.15) is 12.4 Å². The molecule has 1 unspecified atom stereocenters. The van der Waals surface area contributed by atoms with Gasteiger partial charge in [-0.15, -0.1) is 5.10 Å². The van der Waals surface area contributed by atoms with Crippen molar-refractivity contribution in [2.24, 2.45) is 5.73 Å². The monoisotopic (exact) mass is 273 g/mol. The van der Waals surface area contributed by atoms with Gasteiger partial charge in [0.2, 0.25) is 5.91 Å². The summed E-state index contributed by atoms with van der Waals surface area (Å²) in [6.45, 7) is 0. The minimum Gasteiger partial charge on any atom is -0.463 e. The van der Waals surface area contributed by atoms with Gasteiger partial charge in [-0.25, -0.2) is 14.5 Å². The molecule has 1 aliphatic heterocycles. The highest BCUT2D eigenvalue weighted by Crippen LogP contribution is 2.30. The molecule has 1 atom stereocenters. The lowest BCUT2D eigenvalue weighted by Gasteiger charge is -2.04. The Morgan fingerprint density at radius 1 is 1.50 bits per heavy atom. The summed E-state index contributed by atoms with van der Waals surface area (Å²) >= 11 is 0. The van der Waals surface area contributed by atoms with E-state index in [1.54, 1.807) is 18.2 Å². The maximum atomic E-state index is 11.5. The van der Waals surface area contributed by atoms with E-state index in [1.165, 1.54) is 18.1 Å². The van der Waals surface area contributed by atoms with Crippen molar-refractivity contribution in [3.8, 4) is 5.69 Å². The molecule has 8 heteroatoms. The highest BCUT2D eigenvalue weighted by molar-refractivity contribution is 6.02. The molecule has 1 aromatic carbocycles. The number of nitrogens with zero attached hydrogens (tertiary/aromatic N) is 3. The summed E-state index contributed by atoms with van der Waals surface area (Å²) in [5, 5.41) is 6.68. The van der Waals surface area contributed by atoms with Gasteiger partial charge in [0, 0.05) is 11.3 Å². The minimum atomic E-state index is -0.652. The molecular formula is C12H11N5O3. The average Bonchev–Trinajstić information content (AvgIpc) is 3.04. The van der Waals surface area contributed by atoms with Gasteiger partial charge in [0.15, 0.2) is 0 Å². The molecule has 0 spiro atoms. The highest BCUT2D eigenvalue weighted by Gasteiger charge is 2.27. The van der Waals surface area contributed by atoms with E-state index in [4.69, 9.17) is 5.73 Å². The van der Waals surface area contributed by atoms with Crippen molar-refractivity contribution in [3.05, 3.63) is 35.9 Å². The van der Waals surface area contributed by atoms with Crippen LogP contribution in [0.1, 0.15) is 22.2 Å². The fourth-order valence-electron chi connectivity index (χ4n) is 1.99. The Balaban J connectivity index is 1.96. The molecule has 20 heavy (non-hydrogen) atoms. The zero-order chi connectivity index (χ0) is 14.3. The molecule has 0 saturated heterocycles. The first-order valence-corrected chi connectivity index (χ1v) is 5.81. The molecule has 3 rings (SSSR count). The molecule has 102 valence electrons. The van der Waals surface area contributed by atoms with Crippen LogP contribution in [0.4, 0.5) is 5.69 Å². The molecule has 2 heterocycles. The van der Waals surface area contributed by atoms with Crippen LogP contribution in [0.5, 0.6) is 0 Å². The van der Waals surface area contributed by atoms with Gasteiger partial charge in [-0.2, -0.15) is 0 Å². The number of carbonyl (C=O) groups is 2. The van der Waals surface area contributed by atoms with Crippen LogP contribution in [0.15, 0.2) is 24.5 Å². The minimum absolute atomic E-state index is 0.0336. The molecule has 0 fully saturated rings. The van der Waals surface area contributed by atoms with E-state index in [1.807, 2.05) is 0 Å². The van der Waals surface area contributed by atoms with Crippen LogP contribution >= 0.6 is 0 Å². The molecular weight excluding hydrogens is 262 g/mol. The van der Waals surface area contributed by atoms with Crippen molar-refractivity contribution < 1.29 is 14.3 Å². The van der Waals surface area contributed by atoms with Gasteiger partial charge in [-0.1, -0.05) is 6.07 Å². The fourth-order valence-corrected chi connectivity index (χ4v) is 1.99. The predicted octanol–water partition coefficient (Wildman–Crippen LogP) is 0.00580. The van der Waals surface area contributed by atoms with Crippen molar-refractivity contribution >= 4 is 17.6 Å². The van der Waals surface area contributed by atoms with E-state index in [-0.39, 0.29) is 11.7 Å². The number of carbonyl (C=O) groups excluding carboxylic acids is 2. The van der Waals surface area contributed by atoms with Crippen molar-refractivity contribution in [2.45, 2.75) is 6.04 Å². The Bertz CT molecular complexity index is 709. The zero-order valence-electron chi connectivity index (χ0n) is 10.5. The number of anilines is 1. The Morgan fingerprint density at radius 3 is 3.05 bits per heavy atom. The summed E-state index contributed by atoms with van der Waals surface area (Å²) in [7, 11) is 1.26. The number of ether oxygens (including phenoxy) is 1. The Labute approximate surface area is 113 Å². The molecule has 1 aromatic heterocycles. The van der Waals surface area contributed by atoms with Crippen LogP contribution in [0.2, 0.25) is 0 Å². The van der Waals surface area contributed by atoms with Crippen LogP contribution < -0.4 is 11.1 Å². The standard InChI is InChI=1S/C12H11N5O3/c1-20-12(19)10-14-5-17(16-10)6-2-3-7-8(4-6)15-11(18)9(7)13/h2-5,9H,13H2,1H3,(H,15,18). The van der Waals surface area contributed by atoms with Gasteiger partial charge < -0.3 is 15.8 Å². The van der Waals surface area contributed by atoms with Crippen LogP contribution in [0.25, 0.3) is 5.69 Å². The van der Waals surface area contributed by atoms with Crippen molar-refractivity contribution in [3.63, 3.8) is 0 Å². The maximum Gasteiger partial charge on any atom is 0.377 e. The van der Waals surface area contributed by atoms with Gasteiger partial charge in [0.05, 0.1) is 12.8 Å². The zero-order valence-corrected chi connectivity index (χ0v) is 10.5. The summed E-state index contributed by atoms with van der Waals surface area (Å²) in [5.41, 5.74) is 7.75. The second kappa shape index (κ2) is 4.42. The van der Waals surface area contributed by atoms with E-state index < -0.39 is 12.0 Å². The number of aromatic nitrogens is 3. The second-order valence-corrected chi connectivity index (χ2v) is 4.24. The number of methoxy groups -OCH3 is 1. The lowest BCUT2D eigenvalue weighted by Crippen LogP contribution is -2.19.